The number of nitrogens with zero attached hydrogens (tertiary/aromatic N) is 1. The Balaban J connectivity index is 2.63. The van der Waals surface area contributed by atoms with Gasteiger partial charge in [-0.15, -0.1) is 0 Å². The average molecular weight is 194 g/mol. The van der Waals surface area contributed by atoms with Gasteiger partial charge in [-0.3, -0.25) is 5.43 Å². The summed E-state index contributed by atoms with van der Waals surface area (Å²) in [5, 5.41) is 3.92. The number of thiocarbonyl (C=S) groups is 1. The minimum Gasteiger partial charge on any atom is -0.399 e. The number of nitrogen functional groups attached to an aromatic ring is 1. The minimum atomic E-state index is 0.139. The zero-order valence-electron chi connectivity index (χ0n) is 6.90. The molecule has 0 spiro atoms. The number of hydrogen-bond donors (Lipinski definition) is 3. The van der Waals surface area contributed by atoms with Gasteiger partial charge in [0, 0.05) is 5.69 Å². The van der Waals surface area contributed by atoms with Crippen LogP contribution in [0, 0.1) is 0 Å². The van der Waals surface area contributed by atoms with Crippen molar-refractivity contribution in [2.45, 2.75) is 0 Å². The third-order valence-electron chi connectivity index (χ3n) is 1.30. The van der Waals surface area contributed by atoms with Crippen molar-refractivity contribution in [2.24, 2.45) is 10.8 Å². The molecule has 13 heavy (non-hydrogen) atoms. The average Bonchev–Trinajstić information content (AvgIpc) is 2.03. The van der Waals surface area contributed by atoms with Crippen LogP contribution >= 0.6 is 12.2 Å². The molecule has 0 unspecified atom stereocenters. The summed E-state index contributed by atoms with van der Waals surface area (Å²) in [6, 6.07) is 7.32. The maximum absolute atomic E-state index is 5.56. The fourth-order valence-electron chi connectivity index (χ4n) is 0.810. The van der Waals surface area contributed by atoms with Crippen LogP contribution in [0.3, 0.4) is 0 Å². The molecular weight excluding hydrogens is 184 g/mol. The second kappa shape index (κ2) is 4.42. The molecule has 0 aliphatic carbocycles. The van der Waals surface area contributed by atoms with E-state index in [-0.39, 0.29) is 5.11 Å². The van der Waals surface area contributed by atoms with E-state index in [2.05, 4.69) is 22.7 Å². The summed E-state index contributed by atoms with van der Waals surface area (Å²) in [6.07, 6.45) is 1.59. The van der Waals surface area contributed by atoms with E-state index < -0.39 is 0 Å². The van der Waals surface area contributed by atoms with Crippen molar-refractivity contribution < 1.29 is 0 Å². The van der Waals surface area contributed by atoms with Crippen LogP contribution in [-0.2, 0) is 0 Å². The molecule has 0 fully saturated rings. The summed E-state index contributed by atoms with van der Waals surface area (Å²) < 4.78 is 0. The largest absolute Gasteiger partial charge is 0.399 e. The van der Waals surface area contributed by atoms with E-state index in [1.54, 1.807) is 18.3 Å². The molecule has 1 aromatic rings. The van der Waals surface area contributed by atoms with Gasteiger partial charge < -0.3 is 11.5 Å². The summed E-state index contributed by atoms with van der Waals surface area (Å²) in [6.45, 7) is 0. The molecular formula is C8H10N4S. The van der Waals surface area contributed by atoms with Gasteiger partial charge in [0.25, 0.3) is 0 Å². The van der Waals surface area contributed by atoms with Crippen molar-refractivity contribution in [3.63, 3.8) is 0 Å². The maximum Gasteiger partial charge on any atom is 0.184 e. The Morgan fingerprint density at radius 1 is 1.54 bits per heavy atom. The highest BCUT2D eigenvalue weighted by molar-refractivity contribution is 7.80. The predicted octanol–water partition coefficient (Wildman–Crippen LogP) is 0.436. The molecule has 0 saturated carbocycles. The molecule has 4 nitrogen and oxygen atoms in total. The molecule has 68 valence electrons. The highest BCUT2D eigenvalue weighted by Gasteiger charge is 1.87. The quantitative estimate of drug-likeness (QED) is 0.276. The Kier molecular flexibility index (Phi) is 3.22. The van der Waals surface area contributed by atoms with Crippen LogP contribution in [0.1, 0.15) is 5.56 Å². The minimum absolute atomic E-state index is 0.139. The summed E-state index contributed by atoms with van der Waals surface area (Å²) in [5.74, 6) is 0. The van der Waals surface area contributed by atoms with Crippen molar-refractivity contribution in [3.05, 3.63) is 29.8 Å². The Morgan fingerprint density at radius 3 is 2.92 bits per heavy atom. The van der Waals surface area contributed by atoms with Crippen molar-refractivity contribution in [1.29, 1.82) is 0 Å². The summed E-state index contributed by atoms with van der Waals surface area (Å²) in [5.41, 5.74) is 14.8. The molecule has 0 atom stereocenters. The summed E-state index contributed by atoms with van der Waals surface area (Å²) in [7, 11) is 0. The lowest BCUT2D eigenvalue weighted by Gasteiger charge is -1.96. The van der Waals surface area contributed by atoms with Gasteiger partial charge in [-0.25, -0.2) is 0 Å². The Morgan fingerprint density at radius 2 is 2.31 bits per heavy atom. The predicted molar refractivity (Wildman–Crippen MR) is 58.4 cm³/mol. The molecule has 0 saturated heterocycles. The highest BCUT2D eigenvalue weighted by atomic mass is 32.1. The third kappa shape index (κ3) is 3.53. The van der Waals surface area contributed by atoms with Crippen molar-refractivity contribution in [3.8, 4) is 0 Å². The number of nitrogens with one attached hydrogen (secondary N) is 1. The van der Waals surface area contributed by atoms with Crippen LogP contribution in [0.2, 0.25) is 0 Å². The van der Waals surface area contributed by atoms with E-state index >= 15 is 0 Å². The van der Waals surface area contributed by atoms with Crippen molar-refractivity contribution >= 4 is 29.2 Å². The van der Waals surface area contributed by atoms with E-state index in [1.807, 2.05) is 12.1 Å². The Hall–Kier alpha value is -1.62. The zero-order chi connectivity index (χ0) is 9.68. The van der Waals surface area contributed by atoms with E-state index in [0.29, 0.717) is 5.69 Å². The molecule has 0 aliphatic rings. The highest BCUT2D eigenvalue weighted by Crippen LogP contribution is 2.03. The van der Waals surface area contributed by atoms with Crippen molar-refractivity contribution in [2.75, 3.05) is 5.73 Å². The molecule has 0 radical (unpaired) electrons. The molecule has 0 aromatic heterocycles. The number of hydrogen-bond acceptors (Lipinski definition) is 3. The molecule has 0 bridgehead atoms. The van der Waals surface area contributed by atoms with Gasteiger partial charge in [0.1, 0.15) is 0 Å². The molecule has 0 heterocycles. The normalized spacial score (nSPS) is 10.2. The number of benzene rings is 1. The van der Waals surface area contributed by atoms with Gasteiger partial charge in [0.15, 0.2) is 5.11 Å². The van der Waals surface area contributed by atoms with Gasteiger partial charge in [0.05, 0.1) is 6.21 Å². The second-order valence-electron chi connectivity index (χ2n) is 2.40. The first-order chi connectivity index (χ1) is 6.18. The van der Waals surface area contributed by atoms with Crippen LogP contribution in [0.25, 0.3) is 0 Å². The monoisotopic (exact) mass is 194 g/mol. The number of anilines is 1. The topological polar surface area (TPSA) is 76.4 Å². The third-order valence-corrected chi connectivity index (χ3v) is 1.39. The first kappa shape index (κ1) is 9.47. The van der Waals surface area contributed by atoms with Crippen LogP contribution in [0.5, 0.6) is 0 Å². The molecule has 0 amide bonds. The molecule has 1 rings (SSSR count). The van der Waals surface area contributed by atoms with Gasteiger partial charge in [-0.1, -0.05) is 12.1 Å². The lowest BCUT2D eigenvalue weighted by Crippen LogP contribution is -2.23. The maximum atomic E-state index is 5.56. The van der Waals surface area contributed by atoms with E-state index in [0.717, 1.165) is 5.56 Å². The van der Waals surface area contributed by atoms with E-state index in [1.165, 1.54) is 0 Å². The fourth-order valence-corrected chi connectivity index (χ4v) is 0.862. The summed E-state index contributed by atoms with van der Waals surface area (Å²) >= 11 is 4.56. The lowest BCUT2D eigenvalue weighted by molar-refractivity contribution is 1.04. The zero-order valence-corrected chi connectivity index (χ0v) is 7.71. The number of nitrogens with two attached hydrogens (primary N) is 2. The van der Waals surface area contributed by atoms with E-state index in [4.69, 9.17) is 11.5 Å². The molecule has 5 heteroatoms. The van der Waals surface area contributed by atoms with Crippen LogP contribution in [-0.4, -0.2) is 11.3 Å². The van der Waals surface area contributed by atoms with Crippen LogP contribution in [0.15, 0.2) is 29.4 Å². The molecule has 5 N–H and O–H groups in total. The Bertz CT molecular complexity index is 335. The second-order valence-corrected chi connectivity index (χ2v) is 2.84. The van der Waals surface area contributed by atoms with Crippen molar-refractivity contribution in [1.82, 2.24) is 5.43 Å². The summed E-state index contributed by atoms with van der Waals surface area (Å²) in [4.78, 5) is 0. The first-order valence-corrected chi connectivity index (χ1v) is 4.03. The number of hydrazone groups is 1. The molecule has 1 aromatic carbocycles. The standard InChI is InChI=1S/C8H10N4S/c9-7-3-1-2-6(4-7)5-11-12-8(10)13/h1-5H,9H2,(H3,10,12,13)/b11-5+. The van der Waals surface area contributed by atoms with Gasteiger partial charge in [0.2, 0.25) is 0 Å². The van der Waals surface area contributed by atoms with Crippen LogP contribution < -0.4 is 16.9 Å². The first-order valence-electron chi connectivity index (χ1n) is 3.62. The van der Waals surface area contributed by atoms with Crippen LogP contribution in [0.4, 0.5) is 5.69 Å². The Labute approximate surface area is 81.6 Å². The fraction of sp³-hybridized carbons (Fsp3) is 0. The van der Waals surface area contributed by atoms with Gasteiger partial charge in [-0.2, -0.15) is 5.10 Å². The van der Waals surface area contributed by atoms with E-state index in [9.17, 15) is 0 Å². The van der Waals surface area contributed by atoms with Gasteiger partial charge in [-0.05, 0) is 29.9 Å². The smallest absolute Gasteiger partial charge is 0.184 e. The molecule has 0 aliphatic heterocycles. The number of rotatable bonds is 2. The van der Waals surface area contributed by atoms with Gasteiger partial charge >= 0.3 is 0 Å². The lowest BCUT2D eigenvalue weighted by atomic mass is 10.2. The SMILES string of the molecule is NC(=S)N/N=C/c1cccc(N)c1.